The third-order valence-electron chi connectivity index (χ3n) is 4.02. The molecule has 2 rings (SSSR count). The number of ether oxygens (including phenoxy) is 1. The minimum absolute atomic E-state index is 0. The largest absolute Gasteiger partial charge is 0.375 e. The molecule has 5 nitrogen and oxygen atoms in total. The molecule has 20 heavy (non-hydrogen) atoms. The molecule has 0 aromatic carbocycles. The first-order chi connectivity index (χ1) is 8.59. The number of hydrogen-bond acceptors (Lipinski definition) is 4. The molecule has 2 heterocycles. The molecule has 2 fully saturated rings. The van der Waals surface area contributed by atoms with E-state index in [2.05, 4.69) is 24.3 Å². The molecule has 2 aliphatic rings. The molecular formula is C13H27Cl2N3O2. The molecule has 7 heteroatoms. The van der Waals surface area contributed by atoms with Gasteiger partial charge in [0, 0.05) is 25.7 Å². The van der Waals surface area contributed by atoms with Crippen LogP contribution in [0.25, 0.3) is 0 Å². The Hall–Kier alpha value is -0.0700. The van der Waals surface area contributed by atoms with Crippen LogP contribution in [0.3, 0.4) is 0 Å². The van der Waals surface area contributed by atoms with Gasteiger partial charge in [-0.1, -0.05) is 0 Å². The number of likely N-dealkylation sites (tertiary alicyclic amines) is 1. The summed E-state index contributed by atoms with van der Waals surface area (Å²) in [6.07, 6.45) is 2.25. The van der Waals surface area contributed by atoms with Gasteiger partial charge in [0.2, 0.25) is 5.91 Å². The van der Waals surface area contributed by atoms with Crippen LogP contribution in [-0.2, 0) is 9.53 Å². The van der Waals surface area contributed by atoms with Crippen LogP contribution in [0.2, 0.25) is 0 Å². The first-order valence-electron chi connectivity index (χ1n) is 6.90. The molecule has 0 radical (unpaired) electrons. The summed E-state index contributed by atoms with van der Waals surface area (Å²) in [5, 5.41) is 3.28. The van der Waals surface area contributed by atoms with Crippen LogP contribution in [0.15, 0.2) is 0 Å². The van der Waals surface area contributed by atoms with Crippen molar-refractivity contribution < 1.29 is 9.53 Å². The number of nitrogens with one attached hydrogen (secondary N) is 1. The lowest BCUT2D eigenvalue weighted by atomic mass is 10.0. The Morgan fingerprint density at radius 1 is 1.35 bits per heavy atom. The summed E-state index contributed by atoms with van der Waals surface area (Å²) in [7, 11) is 4.17. The third-order valence-corrected chi connectivity index (χ3v) is 4.02. The van der Waals surface area contributed by atoms with Crippen LogP contribution in [0, 0.1) is 0 Å². The predicted molar refractivity (Wildman–Crippen MR) is 85.0 cm³/mol. The second kappa shape index (κ2) is 9.05. The van der Waals surface area contributed by atoms with Crippen LogP contribution in [-0.4, -0.2) is 74.2 Å². The van der Waals surface area contributed by atoms with Crippen molar-refractivity contribution in [3.05, 3.63) is 0 Å². The average molecular weight is 328 g/mol. The molecule has 3 atom stereocenters. The second-order valence-electron chi connectivity index (χ2n) is 5.55. The normalized spacial score (nSPS) is 30.4. The van der Waals surface area contributed by atoms with Gasteiger partial charge in [-0.3, -0.25) is 4.79 Å². The van der Waals surface area contributed by atoms with E-state index in [-0.39, 0.29) is 42.9 Å². The van der Waals surface area contributed by atoms with Crippen molar-refractivity contribution in [1.29, 1.82) is 0 Å². The topological polar surface area (TPSA) is 44.8 Å². The summed E-state index contributed by atoms with van der Waals surface area (Å²) in [4.78, 5) is 16.7. The van der Waals surface area contributed by atoms with Gasteiger partial charge < -0.3 is 19.9 Å². The highest BCUT2D eigenvalue weighted by molar-refractivity contribution is 5.85. The molecule has 0 saturated carbocycles. The van der Waals surface area contributed by atoms with Gasteiger partial charge >= 0.3 is 0 Å². The SMILES string of the molecule is C[C@H]1OCCN[C@@H]1C(=O)N1CCCC(N(C)C)C1.Cl.Cl. The Morgan fingerprint density at radius 3 is 2.65 bits per heavy atom. The molecule has 0 aromatic rings. The summed E-state index contributed by atoms with van der Waals surface area (Å²) in [6.45, 7) is 5.17. The minimum Gasteiger partial charge on any atom is -0.375 e. The van der Waals surface area contributed by atoms with Crippen LogP contribution >= 0.6 is 24.8 Å². The number of likely N-dealkylation sites (N-methyl/N-ethyl adjacent to an activating group) is 1. The molecule has 0 aromatic heterocycles. The molecule has 0 spiro atoms. The number of morpholine rings is 1. The van der Waals surface area contributed by atoms with E-state index in [0.29, 0.717) is 12.6 Å². The maximum atomic E-state index is 12.5. The number of amides is 1. The zero-order valence-electron chi connectivity index (χ0n) is 12.5. The monoisotopic (exact) mass is 327 g/mol. The van der Waals surface area contributed by atoms with E-state index in [1.165, 1.54) is 6.42 Å². The van der Waals surface area contributed by atoms with Crippen molar-refractivity contribution >= 4 is 30.7 Å². The fraction of sp³-hybridized carbons (Fsp3) is 0.923. The summed E-state index contributed by atoms with van der Waals surface area (Å²) in [6, 6.07) is 0.321. The Balaban J connectivity index is 0.00000180. The van der Waals surface area contributed by atoms with Crippen molar-refractivity contribution in [2.75, 3.05) is 40.3 Å². The lowest BCUT2D eigenvalue weighted by Gasteiger charge is -2.39. The standard InChI is InChI=1S/C13H25N3O2.2ClH/c1-10-12(14-6-8-18-10)13(17)16-7-4-5-11(9-16)15(2)3;;/h10-12,14H,4-9H2,1-3H3;2*1H/t10-,11?,12+;;/m1../s1. The molecule has 120 valence electrons. The van der Waals surface area contributed by atoms with Gasteiger partial charge in [-0.25, -0.2) is 0 Å². The van der Waals surface area contributed by atoms with Crippen LogP contribution in [0.1, 0.15) is 19.8 Å². The number of halogens is 2. The van der Waals surface area contributed by atoms with E-state index in [1.54, 1.807) is 0 Å². The van der Waals surface area contributed by atoms with Gasteiger partial charge in [-0.05, 0) is 33.9 Å². The average Bonchev–Trinajstić information content (AvgIpc) is 2.38. The van der Waals surface area contributed by atoms with Crippen LogP contribution < -0.4 is 5.32 Å². The Kier molecular flexibility index (Phi) is 9.02. The number of nitrogens with zero attached hydrogens (tertiary/aromatic N) is 2. The Morgan fingerprint density at radius 2 is 2.05 bits per heavy atom. The number of rotatable bonds is 2. The molecule has 1 N–H and O–H groups in total. The van der Waals surface area contributed by atoms with Gasteiger partial charge in [0.15, 0.2) is 0 Å². The summed E-state index contributed by atoms with van der Waals surface area (Å²) in [5.41, 5.74) is 0. The Labute approximate surface area is 134 Å². The first kappa shape index (κ1) is 19.9. The third kappa shape index (κ3) is 4.74. The van der Waals surface area contributed by atoms with E-state index < -0.39 is 0 Å². The van der Waals surface area contributed by atoms with E-state index >= 15 is 0 Å². The predicted octanol–water partition coefficient (Wildman–Crippen LogP) is 0.759. The van der Waals surface area contributed by atoms with Crippen molar-refractivity contribution in [3.63, 3.8) is 0 Å². The van der Waals surface area contributed by atoms with E-state index in [0.717, 1.165) is 26.1 Å². The molecule has 1 amide bonds. The zero-order valence-corrected chi connectivity index (χ0v) is 14.1. The summed E-state index contributed by atoms with van der Waals surface area (Å²) >= 11 is 0. The van der Waals surface area contributed by atoms with E-state index in [4.69, 9.17) is 4.74 Å². The molecule has 2 aliphatic heterocycles. The van der Waals surface area contributed by atoms with Gasteiger partial charge in [-0.15, -0.1) is 24.8 Å². The maximum Gasteiger partial charge on any atom is 0.242 e. The Bertz CT molecular complexity index is 305. The highest BCUT2D eigenvalue weighted by atomic mass is 35.5. The van der Waals surface area contributed by atoms with Crippen molar-refractivity contribution in [2.45, 2.75) is 38.0 Å². The fourth-order valence-electron chi connectivity index (χ4n) is 2.78. The van der Waals surface area contributed by atoms with E-state index in [9.17, 15) is 4.79 Å². The molecular weight excluding hydrogens is 301 g/mol. The molecule has 1 unspecified atom stereocenters. The quantitative estimate of drug-likeness (QED) is 0.813. The van der Waals surface area contributed by atoms with Gasteiger partial charge in [0.25, 0.3) is 0 Å². The number of hydrogen-bond donors (Lipinski definition) is 1. The lowest BCUT2D eigenvalue weighted by Crippen LogP contribution is -2.59. The molecule has 0 aliphatic carbocycles. The number of piperidine rings is 1. The smallest absolute Gasteiger partial charge is 0.242 e. The van der Waals surface area contributed by atoms with Crippen molar-refractivity contribution in [3.8, 4) is 0 Å². The zero-order chi connectivity index (χ0) is 13.1. The number of carbonyl (C=O) groups excluding carboxylic acids is 1. The van der Waals surface area contributed by atoms with Crippen molar-refractivity contribution in [2.24, 2.45) is 0 Å². The lowest BCUT2D eigenvalue weighted by molar-refractivity contribution is -0.141. The molecule has 0 bridgehead atoms. The van der Waals surface area contributed by atoms with Crippen LogP contribution in [0.4, 0.5) is 0 Å². The molecule has 2 saturated heterocycles. The highest BCUT2D eigenvalue weighted by Gasteiger charge is 2.34. The highest BCUT2D eigenvalue weighted by Crippen LogP contribution is 2.16. The summed E-state index contributed by atoms with van der Waals surface area (Å²) in [5.74, 6) is 0.203. The van der Waals surface area contributed by atoms with Crippen molar-refractivity contribution in [1.82, 2.24) is 15.1 Å². The van der Waals surface area contributed by atoms with E-state index in [1.807, 2.05) is 11.8 Å². The summed E-state index contributed by atoms with van der Waals surface area (Å²) < 4.78 is 5.56. The maximum absolute atomic E-state index is 12.5. The van der Waals surface area contributed by atoms with Gasteiger partial charge in [0.05, 0.1) is 12.7 Å². The van der Waals surface area contributed by atoms with Gasteiger partial charge in [-0.2, -0.15) is 0 Å². The minimum atomic E-state index is -0.167. The number of carbonyl (C=O) groups is 1. The first-order valence-corrected chi connectivity index (χ1v) is 6.90. The van der Waals surface area contributed by atoms with Crippen LogP contribution in [0.5, 0.6) is 0 Å². The van der Waals surface area contributed by atoms with Gasteiger partial charge in [0.1, 0.15) is 6.04 Å². The second-order valence-corrected chi connectivity index (χ2v) is 5.55. The fourth-order valence-corrected chi connectivity index (χ4v) is 2.78.